The van der Waals surface area contributed by atoms with E-state index in [1.165, 1.54) is 6.21 Å². The van der Waals surface area contributed by atoms with E-state index in [4.69, 9.17) is 40.5 Å². The summed E-state index contributed by atoms with van der Waals surface area (Å²) in [7, 11) is 0. The average Bonchev–Trinajstić information content (AvgIpc) is 2.62. The molecule has 0 amide bonds. The van der Waals surface area contributed by atoms with Crippen LogP contribution in [0.1, 0.15) is 4.88 Å². The number of carboxylic acids is 1. The fraction of sp³-hybridized carbons (Fsp3) is 0.0833. The van der Waals surface area contributed by atoms with E-state index in [0.717, 1.165) is 15.9 Å². The van der Waals surface area contributed by atoms with Crippen LogP contribution in [0.15, 0.2) is 23.2 Å². The molecule has 1 aromatic heterocycles. The summed E-state index contributed by atoms with van der Waals surface area (Å²) in [6.45, 7) is -0.405. The lowest BCUT2D eigenvalue weighted by atomic mass is 10.3. The molecule has 0 saturated heterocycles. The molecule has 5 nitrogen and oxygen atoms in total. The minimum absolute atomic E-state index is 0.232. The van der Waals surface area contributed by atoms with E-state index in [2.05, 4.69) is 4.99 Å². The molecule has 0 fully saturated rings. The van der Waals surface area contributed by atoms with Crippen molar-refractivity contribution >= 4 is 64.6 Å². The number of benzene rings is 1. The van der Waals surface area contributed by atoms with Gasteiger partial charge in [-0.05, 0) is 30.4 Å². The van der Waals surface area contributed by atoms with Crippen LogP contribution in [0.5, 0.6) is 5.88 Å². The van der Waals surface area contributed by atoms with Crippen molar-refractivity contribution in [1.29, 1.82) is 0 Å². The Kier molecular flexibility index (Phi) is 5.00. The van der Waals surface area contributed by atoms with E-state index in [9.17, 15) is 9.90 Å². The van der Waals surface area contributed by atoms with Crippen LogP contribution in [-0.4, -0.2) is 27.0 Å². The van der Waals surface area contributed by atoms with E-state index in [1.807, 2.05) is 0 Å². The van der Waals surface area contributed by atoms with Crippen molar-refractivity contribution < 1.29 is 15.0 Å². The van der Waals surface area contributed by atoms with Gasteiger partial charge >= 0.3 is 5.97 Å². The maximum absolute atomic E-state index is 10.7. The monoisotopic (exact) mass is 362 g/mol. The van der Waals surface area contributed by atoms with Gasteiger partial charge in [0.2, 0.25) is 5.88 Å². The van der Waals surface area contributed by atoms with Gasteiger partial charge in [0.25, 0.3) is 0 Å². The third-order valence-electron chi connectivity index (χ3n) is 2.37. The molecule has 0 saturated carbocycles. The van der Waals surface area contributed by atoms with Crippen molar-refractivity contribution in [3.05, 3.63) is 37.1 Å². The Morgan fingerprint density at radius 3 is 2.57 bits per heavy atom. The first-order valence-electron chi connectivity index (χ1n) is 5.51. The fourth-order valence-electron chi connectivity index (χ4n) is 1.52. The summed E-state index contributed by atoms with van der Waals surface area (Å²) >= 11 is 17.8. The van der Waals surface area contributed by atoms with Crippen molar-refractivity contribution in [3.8, 4) is 5.88 Å². The zero-order valence-corrected chi connectivity index (χ0v) is 13.4. The number of hydrogen-bond donors (Lipinski definition) is 2. The lowest BCUT2D eigenvalue weighted by Crippen LogP contribution is -2.08. The van der Waals surface area contributed by atoms with E-state index < -0.39 is 12.5 Å². The minimum atomic E-state index is -1.09. The van der Waals surface area contributed by atoms with Gasteiger partial charge < -0.3 is 10.2 Å². The van der Waals surface area contributed by atoms with Crippen LogP contribution in [0.25, 0.3) is 0 Å². The second kappa shape index (κ2) is 6.57. The maximum atomic E-state index is 10.7. The molecule has 0 radical (unpaired) electrons. The Labute approximate surface area is 138 Å². The number of nitrogens with zero attached hydrogens (tertiary/aromatic N) is 2. The molecule has 0 atom stereocenters. The Hall–Kier alpha value is -1.41. The number of thiazole rings is 1. The first-order chi connectivity index (χ1) is 9.86. The van der Waals surface area contributed by atoms with Crippen LogP contribution >= 0.6 is 46.8 Å². The lowest BCUT2D eigenvalue weighted by Gasteiger charge is -1.99. The van der Waals surface area contributed by atoms with Crippen molar-refractivity contribution in [2.24, 2.45) is 4.99 Å². The molecule has 0 aliphatic heterocycles. The first kappa shape index (κ1) is 16.0. The predicted molar refractivity (Wildman–Crippen MR) is 86.2 cm³/mol. The standard InChI is InChI=1S/C12H8Cl2N2O3S2/c13-6-1-7(14)3-8(2-6)15-4-9-11(19)16(5-10(17)18)12(20)21-9/h1-4,19H,5H2,(H,17,18). The van der Waals surface area contributed by atoms with Crippen LogP contribution in [0.4, 0.5) is 5.69 Å². The number of carboxylic acid groups (broad SMARTS) is 1. The zero-order valence-electron chi connectivity index (χ0n) is 10.3. The molecule has 0 unspecified atom stereocenters. The summed E-state index contributed by atoms with van der Waals surface area (Å²) in [4.78, 5) is 15.2. The molecule has 21 heavy (non-hydrogen) atoms. The normalized spacial score (nSPS) is 11.1. The molecule has 110 valence electrons. The lowest BCUT2D eigenvalue weighted by molar-refractivity contribution is -0.137. The van der Waals surface area contributed by atoms with Crippen molar-refractivity contribution in [2.75, 3.05) is 0 Å². The summed E-state index contributed by atoms with van der Waals surface area (Å²) in [6.07, 6.45) is 1.39. The highest BCUT2D eigenvalue weighted by atomic mass is 35.5. The Bertz CT molecular complexity index is 763. The molecule has 2 aromatic rings. The number of aliphatic carboxylic acids is 1. The second-order valence-electron chi connectivity index (χ2n) is 3.92. The van der Waals surface area contributed by atoms with E-state index in [-0.39, 0.29) is 9.83 Å². The van der Waals surface area contributed by atoms with Gasteiger partial charge in [-0.2, -0.15) is 0 Å². The number of hydrogen-bond acceptors (Lipinski definition) is 5. The third kappa shape index (κ3) is 4.04. The molecule has 1 aromatic carbocycles. The maximum Gasteiger partial charge on any atom is 0.323 e. The molecule has 1 heterocycles. The molecule has 0 aliphatic rings. The van der Waals surface area contributed by atoms with Gasteiger partial charge in [-0.3, -0.25) is 14.4 Å². The Balaban J connectivity index is 2.33. The third-order valence-corrected chi connectivity index (χ3v) is 4.18. The molecule has 2 N–H and O–H groups in total. The number of aliphatic imine (C=N–C) groups is 1. The summed E-state index contributed by atoms with van der Waals surface area (Å²) in [5.41, 5.74) is 0.510. The summed E-state index contributed by atoms with van der Waals surface area (Å²) in [5.74, 6) is -1.33. The van der Waals surface area contributed by atoms with Crippen molar-refractivity contribution in [2.45, 2.75) is 6.54 Å². The largest absolute Gasteiger partial charge is 0.493 e. The summed E-state index contributed by atoms with van der Waals surface area (Å²) < 4.78 is 1.37. The number of halogens is 2. The van der Waals surface area contributed by atoms with Crippen molar-refractivity contribution in [3.63, 3.8) is 0 Å². The van der Waals surface area contributed by atoms with E-state index in [1.54, 1.807) is 18.2 Å². The molecular formula is C12H8Cl2N2O3S2. The van der Waals surface area contributed by atoms with Crippen molar-refractivity contribution in [1.82, 2.24) is 4.57 Å². The molecule has 9 heteroatoms. The molecule has 0 aliphatic carbocycles. The smallest absolute Gasteiger partial charge is 0.323 e. The second-order valence-corrected chi connectivity index (χ2v) is 6.47. The van der Waals surface area contributed by atoms with Gasteiger partial charge in [-0.1, -0.05) is 34.5 Å². The SMILES string of the molecule is O=C(O)Cn1c(O)c(C=Nc2cc(Cl)cc(Cl)c2)sc1=S. The van der Waals surface area contributed by atoms with Gasteiger partial charge in [-0.25, -0.2) is 0 Å². The van der Waals surface area contributed by atoms with Crippen LogP contribution < -0.4 is 0 Å². The predicted octanol–water partition coefficient (Wildman–Crippen LogP) is 4.13. The Morgan fingerprint density at radius 1 is 1.38 bits per heavy atom. The number of aromatic hydroxyl groups is 1. The molecular weight excluding hydrogens is 355 g/mol. The van der Waals surface area contributed by atoms with Gasteiger partial charge in [0.15, 0.2) is 3.95 Å². The zero-order chi connectivity index (χ0) is 15.6. The van der Waals surface area contributed by atoms with Gasteiger partial charge in [0.05, 0.1) is 11.9 Å². The van der Waals surface area contributed by atoms with Gasteiger partial charge in [0, 0.05) is 10.0 Å². The van der Waals surface area contributed by atoms with Crippen LogP contribution in [0, 0.1) is 3.95 Å². The summed E-state index contributed by atoms with van der Waals surface area (Å²) in [6, 6.07) is 4.79. The van der Waals surface area contributed by atoms with Crippen LogP contribution in [-0.2, 0) is 11.3 Å². The fourth-order valence-corrected chi connectivity index (χ4v) is 3.21. The highest BCUT2D eigenvalue weighted by molar-refractivity contribution is 7.73. The average molecular weight is 363 g/mol. The van der Waals surface area contributed by atoms with Gasteiger partial charge in [0.1, 0.15) is 11.4 Å². The highest BCUT2D eigenvalue weighted by Gasteiger charge is 2.12. The first-order valence-corrected chi connectivity index (χ1v) is 7.49. The van der Waals surface area contributed by atoms with E-state index in [0.29, 0.717) is 20.6 Å². The quantitative estimate of drug-likeness (QED) is 0.633. The number of aromatic nitrogens is 1. The molecule has 2 rings (SSSR count). The number of rotatable bonds is 4. The highest BCUT2D eigenvalue weighted by Crippen LogP contribution is 2.27. The van der Waals surface area contributed by atoms with Gasteiger partial charge in [-0.15, -0.1) is 0 Å². The molecule has 0 bridgehead atoms. The minimum Gasteiger partial charge on any atom is -0.493 e. The van der Waals surface area contributed by atoms with E-state index >= 15 is 0 Å². The Morgan fingerprint density at radius 2 is 2.00 bits per heavy atom. The number of carbonyl (C=O) groups is 1. The summed E-state index contributed by atoms with van der Waals surface area (Å²) in [5, 5.41) is 19.6. The van der Waals surface area contributed by atoms with Crippen LogP contribution in [0.2, 0.25) is 10.0 Å². The van der Waals surface area contributed by atoms with Crippen LogP contribution in [0.3, 0.4) is 0 Å². The topological polar surface area (TPSA) is 74.8 Å². The molecule has 0 spiro atoms.